The van der Waals surface area contributed by atoms with Crippen LogP contribution in [0.5, 0.6) is 0 Å². The summed E-state index contributed by atoms with van der Waals surface area (Å²) >= 11 is 0. The molecule has 0 aliphatic carbocycles. The van der Waals surface area contributed by atoms with Crippen LogP contribution in [0.4, 0.5) is 0 Å². The largest absolute Gasteiger partial charge is 0.469 e. The summed E-state index contributed by atoms with van der Waals surface area (Å²) in [6.07, 6.45) is 3.99. The molecule has 2 aromatic rings. The van der Waals surface area contributed by atoms with E-state index in [4.69, 9.17) is 4.42 Å². The number of hydrogen-bond acceptors (Lipinski definition) is 3. The molecule has 2 rings (SSSR count). The van der Waals surface area contributed by atoms with Crippen molar-refractivity contribution in [1.29, 1.82) is 0 Å². The normalized spacial score (nSPS) is 10.2. The van der Waals surface area contributed by atoms with Gasteiger partial charge in [0, 0.05) is 24.9 Å². The van der Waals surface area contributed by atoms with Crippen LogP contribution in [0, 0.1) is 6.92 Å². The predicted octanol–water partition coefficient (Wildman–Crippen LogP) is 1.96. The van der Waals surface area contributed by atoms with Crippen LogP contribution in [0.1, 0.15) is 21.8 Å². The molecule has 0 aliphatic rings. The van der Waals surface area contributed by atoms with Gasteiger partial charge in [0.05, 0.1) is 11.8 Å². The van der Waals surface area contributed by atoms with Crippen molar-refractivity contribution < 1.29 is 9.21 Å². The molecule has 1 amide bonds. The second kappa shape index (κ2) is 5.30. The smallest absolute Gasteiger partial charge is 0.254 e. The van der Waals surface area contributed by atoms with Crippen molar-refractivity contribution >= 4 is 5.91 Å². The highest BCUT2D eigenvalue weighted by molar-refractivity contribution is 5.94. The van der Waals surface area contributed by atoms with Gasteiger partial charge in [0.1, 0.15) is 5.76 Å². The summed E-state index contributed by atoms with van der Waals surface area (Å²) in [6, 6.07) is 7.42. The van der Waals surface area contributed by atoms with E-state index in [1.165, 1.54) is 6.26 Å². The molecule has 17 heavy (non-hydrogen) atoms. The van der Waals surface area contributed by atoms with E-state index in [1.807, 2.05) is 18.2 Å². The van der Waals surface area contributed by atoms with Gasteiger partial charge in [-0.1, -0.05) is 6.07 Å². The zero-order chi connectivity index (χ0) is 12.1. The number of nitrogens with one attached hydrogen (secondary N) is 1. The highest BCUT2D eigenvalue weighted by Crippen LogP contribution is 2.07. The topological polar surface area (TPSA) is 55.1 Å². The molecule has 0 unspecified atom stereocenters. The molecular formula is C13H14N2O2. The summed E-state index contributed by atoms with van der Waals surface area (Å²) in [7, 11) is 0. The lowest BCUT2D eigenvalue weighted by Crippen LogP contribution is -2.26. The lowest BCUT2D eigenvalue weighted by molar-refractivity contribution is 0.0952. The molecule has 0 radical (unpaired) electrons. The molecule has 2 aromatic heterocycles. The Kier molecular flexibility index (Phi) is 3.55. The van der Waals surface area contributed by atoms with Crippen LogP contribution in [0.15, 0.2) is 41.1 Å². The highest BCUT2D eigenvalue weighted by Gasteiger charge is 2.10. The number of carbonyl (C=O) groups is 1. The van der Waals surface area contributed by atoms with Crippen LogP contribution < -0.4 is 5.32 Å². The second-order valence-electron chi connectivity index (χ2n) is 3.72. The second-order valence-corrected chi connectivity index (χ2v) is 3.72. The molecule has 0 saturated heterocycles. The number of amides is 1. The van der Waals surface area contributed by atoms with Crippen molar-refractivity contribution in [2.45, 2.75) is 13.3 Å². The van der Waals surface area contributed by atoms with Crippen LogP contribution in [-0.4, -0.2) is 17.4 Å². The summed E-state index contributed by atoms with van der Waals surface area (Å²) in [5.74, 6) is 0.535. The number of furan rings is 1. The Bertz CT molecular complexity index is 491. The number of aryl methyl sites for hydroxylation is 1. The molecule has 2 heterocycles. The van der Waals surface area contributed by atoms with Crippen LogP contribution >= 0.6 is 0 Å². The Balaban J connectivity index is 1.84. The van der Waals surface area contributed by atoms with Crippen LogP contribution in [-0.2, 0) is 6.42 Å². The van der Waals surface area contributed by atoms with Gasteiger partial charge in [0.25, 0.3) is 5.91 Å². The van der Waals surface area contributed by atoms with E-state index in [1.54, 1.807) is 19.2 Å². The summed E-state index contributed by atoms with van der Waals surface area (Å²) in [5, 5.41) is 2.84. The number of hydrogen-bond donors (Lipinski definition) is 1. The Morgan fingerprint density at radius 1 is 1.41 bits per heavy atom. The third-order valence-corrected chi connectivity index (χ3v) is 2.50. The summed E-state index contributed by atoms with van der Waals surface area (Å²) in [4.78, 5) is 15.9. The number of aromatic nitrogens is 1. The van der Waals surface area contributed by atoms with E-state index in [0.29, 0.717) is 17.9 Å². The molecule has 0 fully saturated rings. The first-order chi connectivity index (χ1) is 8.27. The zero-order valence-electron chi connectivity index (χ0n) is 9.64. The lowest BCUT2D eigenvalue weighted by atomic mass is 10.2. The molecule has 0 spiro atoms. The maximum absolute atomic E-state index is 11.7. The number of nitrogens with zero attached hydrogens (tertiary/aromatic N) is 1. The van der Waals surface area contributed by atoms with Crippen molar-refractivity contribution in [2.24, 2.45) is 0 Å². The molecule has 88 valence electrons. The van der Waals surface area contributed by atoms with Crippen molar-refractivity contribution in [3.63, 3.8) is 0 Å². The van der Waals surface area contributed by atoms with Crippen molar-refractivity contribution in [1.82, 2.24) is 10.3 Å². The Morgan fingerprint density at radius 3 is 2.94 bits per heavy atom. The van der Waals surface area contributed by atoms with Gasteiger partial charge in [-0.05, 0) is 25.1 Å². The first-order valence-electron chi connectivity index (χ1n) is 5.49. The minimum Gasteiger partial charge on any atom is -0.469 e. The fourth-order valence-electron chi connectivity index (χ4n) is 1.57. The van der Waals surface area contributed by atoms with Gasteiger partial charge in [0.15, 0.2) is 0 Å². The maximum atomic E-state index is 11.7. The molecule has 0 aromatic carbocycles. The van der Waals surface area contributed by atoms with Crippen molar-refractivity contribution in [2.75, 3.05) is 6.54 Å². The van der Waals surface area contributed by atoms with Gasteiger partial charge in [0.2, 0.25) is 0 Å². The fourth-order valence-corrected chi connectivity index (χ4v) is 1.57. The van der Waals surface area contributed by atoms with Crippen molar-refractivity contribution in [3.8, 4) is 0 Å². The quantitative estimate of drug-likeness (QED) is 0.873. The minimum atomic E-state index is -0.104. The van der Waals surface area contributed by atoms with E-state index < -0.39 is 0 Å². The van der Waals surface area contributed by atoms with Gasteiger partial charge >= 0.3 is 0 Å². The first kappa shape index (κ1) is 11.4. The summed E-state index contributed by atoms with van der Waals surface area (Å²) < 4.78 is 5.08. The molecule has 0 bridgehead atoms. The minimum absolute atomic E-state index is 0.104. The molecule has 4 heteroatoms. The van der Waals surface area contributed by atoms with Gasteiger partial charge < -0.3 is 9.73 Å². The van der Waals surface area contributed by atoms with Gasteiger partial charge in [-0.25, -0.2) is 0 Å². The maximum Gasteiger partial charge on any atom is 0.254 e. The number of pyridine rings is 1. The average molecular weight is 230 g/mol. The SMILES string of the molecule is Cc1occc1C(=O)NCCc1ccccn1. The van der Waals surface area contributed by atoms with Gasteiger partial charge in [-0.3, -0.25) is 9.78 Å². The zero-order valence-corrected chi connectivity index (χ0v) is 9.64. The average Bonchev–Trinajstić information content (AvgIpc) is 2.77. The van der Waals surface area contributed by atoms with Crippen LogP contribution in [0.25, 0.3) is 0 Å². The van der Waals surface area contributed by atoms with E-state index in [0.717, 1.165) is 12.1 Å². The van der Waals surface area contributed by atoms with Crippen LogP contribution in [0.3, 0.4) is 0 Å². The van der Waals surface area contributed by atoms with Crippen molar-refractivity contribution in [3.05, 3.63) is 53.7 Å². The Morgan fingerprint density at radius 2 is 2.29 bits per heavy atom. The molecule has 0 atom stereocenters. The van der Waals surface area contributed by atoms with E-state index >= 15 is 0 Å². The Hall–Kier alpha value is -2.10. The van der Waals surface area contributed by atoms with Gasteiger partial charge in [-0.15, -0.1) is 0 Å². The third-order valence-electron chi connectivity index (χ3n) is 2.50. The summed E-state index contributed by atoms with van der Waals surface area (Å²) in [6.45, 7) is 2.34. The van der Waals surface area contributed by atoms with E-state index in [2.05, 4.69) is 10.3 Å². The Labute approximate surface area is 99.7 Å². The standard InChI is InChI=1S/C13H14N2O2/c1-10-12(6-9-17-10)13(16)15-8-5-11-4-2-3-7-14-11/h2-4,6-7,9H,5,8H2,1H3,(H,15,16). The molecule has 1 N–H and O–H groups in total. The summed E-state index contributed by atoms with van der Waals surface area (Å²) in [5.41, 5.74) is 1.56. The van der Waals surface area contributed by atoms with E-state index in [9.17, 15) is 4.79 Å². The fraction of sp³-hybridized carbons (Fsp3) is 0.231. The number of carbonyl (C=O) groups excluding carboxylic acids is 1. The molecular weight excluding hydrogens is 216 g/mol. The lowest BCUT2D eigenvalue weighted by Gasteiger charge is -2.03. The highest BCUT2D eigenvalue weighted by atomic mass is 16.3. The molecule has 0 saturated carbocycles. The monoisotopic (exact) mass is 230 g/mol. The van der Waals surface area contributed by atoms with E-state index in [-0.39, 0.29) is 5.91 Å². The molecule has 4 nitrogen and oxygen atoms in total. The van der Waals surface area contributed by atoms with Gasteiger partial charge in [-0.2, -0.15) is 0 Å². The van der Waals surface area contributed by atoms with Crippen LogP contribution in [0.2, 0.25) is 0 Å². The predicted molar refractivity (Wildman–Crippen MR) is 63.7 cm³/mol. The molecule has 0 aliphatic heterocycles. The third kappa shape index (κ3) is 2.93. The number of rotatable bonds is 4. The first-order valence-corrected chi connectivity index (χ1v) is 5.49.